The van der Waals surface area contributed by atoms with E-state index in [9.17, 15) is 9.90 Å². The number of nitrogens with one attached hydrogen (secondary N) is 1. The molecule has 2 fully saturated rings. The Morgan fingerprint density at radius 3 is 2.56 bits per heavy atom. The first kappa shape index (κ1) is 18.2. The Bertz CT molecular complexity index is 552. The summed E-state index contributed by atoms with van der Waals surface area (Å²) in [5.74, 6) is 0.527. The Morgan fingerprint density at radius 1 is 1.16 bits per heavy atom. The molecule has 0 aromatic heterocycles. The van der Waals surface area contributed by atoms with E-state index in [4.69, 9.17) is 0 Å². The Kier molecular flexibility index (Phi) is 6.35. The highest BCUT2D eigenvalue weighted by atomic mass is 16.3. The van der Waals surface area contributed by atoms with Gasteiger partial charge in [0.2, 0.25) is 5.91 Å². The molecule has 3 rings (SSSR count). The molecule has 1 amide bonds. The quantitative estimate of drug-likeness (QED) is 0.828. The summed E-state index contributed by atoms with van der Waals surface area (Å²) in [6.07, 6.45) is 10.4. The minimum absolute atomic E-state index is 0.0768. The first-order chi connectivity index (χ1) is 12.1. The standard InChI is InChI=1S/C21H32N2O2/c1-16(9-10-17-11-13-19(24)14-12-17)22-21(25)20-8-4-5-15-23(20)18-6-2-3-7-18/h11-14,16,18,20,24H,2-10,15H2,1H3,(H,22,25). The number of carbonyl (C=O) groups is 1. The molecule has 4 nitrogen and oxygen atoms in total. The number of carbonyl (C=O) groups excluding carboxylic acids is 1. The summed E-state index contributed by atoms with van der Waals surface area (Å²) < 4.78 is 0. The average Bonchev–Trinajstić information content (AvgIpc) is 3.16. The van der Waals surface area contributed by atoms with Crippen LogP contribution in [0.2, 0.25) is 0 Å². The highest BCUT2D eigenvalue weighted by molar-refractivity contribution is 5.82. The molecule has 138 valence electrons. The Balaban J connectivity index is 1.50. The molecular weight excluding hydrogens is 312 g/mol. The number of nitrogens with zero attached hydrogens (tertiary/aromatic N) is 1. The molecule has 1 saturated carbocycles. The fourth-order valence-electron chi connectivity index (χ4n) is 4.37. The molecule has 1 heterocycles. The second-order valence-corrected chi connectivity index (χ2v) is 7.80. The molecule has 2 atom stereocenters. The Labute approximate surface area is 151 Å². The number of benzene rings is 1. The van der Waals surface area contributed by atoms with Gasteiger partial charge in [-0.1, -0.05) is 31.4 Å². The van der Waals surface area contributed by atoms with Gasteiger partial charge in [0.15, 0.2) is 0 Å². The zero-order valence-electron chi connectivity index (χ0n) is 15.4. The van der Waals surface area contributed by atoms with Crippen molar-refractivity contribution < 1.29 is 9.90 Å². The van der Waals surface area contributed by atoms with Crippen LogP contribution in [-0.2, 0) is 11.2 Å². The summed E-state index contributed by atoms with van der Waals surface area (Å²) in [6.45, 7) is 3.19. The molecule has 25 heavy (non-hydrogen) atoms. The summed E-state index contributed by atoms with van der Waals surface area (Å²) in [5, 5.41) is 12.6. The van der Waals surface area contributed by atoms with Gasteiger partial charge in [0.05, 0.1) is 6.04 Å². The fourth-order valence-corrected chi connectivity index (χ4v) is 4.37. The third-order valence-electron chi connectivity index (χ3n) is 5.83. The van der Waals surface area contributed by atoms with Crippen LogP contribution < -0.4 is 5.32 Å². The van der Waals surface area contributed by atoms with Crippen molar-refractivity contribution in [2.24, 2.45) is 0 Å². The average molecular weight is 344 g/mol. The molecule has 4 heteroatoms. The number of aryl methyl sites for hydroxylation is 1. The summed E-state index contributed by atoms with van der Waals surface area (Å²) in [6, 6.07) is 8.23. The topological polar surface area (TPSA) is 52.6 Å². The lowest BCUT2D eigenvalue weighted by Gasteiger charge is -2.39. The maximum atomic E-state index is 12.8. The molecule has 2 unspecified atom stereocenters. The van der Waals surface area contributed by atoms with Crippen LogP contribution in [0.4, 0.5) is 0 Å². The zero-order valence-corrected chi connectivity index (χ0v) is 15.4. The Hall–Kier alpha value is -1.55. The summed E-state index contributed by atoms with van der Waals surface area (Å²) in [5.41, 5.74) is 1.20. The minimum atomic E-state index is 0.0768. The molecule has 1 aromatic carbocycles. The molecule has 2 aliphatic rings. The molecular formula is C21H32N2O2. The first-order valence-electron chi connectivity index (χ1n) is 9.97. The smallest absolute Gasteiger partial charge is 0.237 e. The molecule has 0 bridgehead atoms. The van der Waals surface area contributed by atoms with E-state index in [0.29, 0.717) is 11.8 Å². The number of phenols is 1. The fraction of sp³-hybridized carbons (Fsp3) is 0.667. The number of amides is 1. The number of rotatable bonds is 6. The van der Waals surface area contributed by atoms with Gasteiger partial charge in [-0.3, -0.25) is 9.69 Å². The van der Waals surface area contributed by atoms with Gasteiger partial charge in [0, 0.05) is 12.1 Å². The number of likely N-dealkylation sites (tertiary alicyclic amines) is 1. The van der Waals surface area contributed by atoms with Crippen molar-refractivity contribution in [1.29, 1.82) is 0 Å². The van der Waals surface area contributed by atoms with Crippen molar-refractivity contribution in [2.45, 2.75) is 82.8 Å². The van der Waals surface area contributed by atoms with E-state index in [1.165, 1.54) is 44.1 Å². The lowest BCUT2D eigenvalue weighted by atomic mass is 9.97. The maximum absolute atomic E-state index is 12.8. The van der Waals surface area contributed by atoms with E-state index in [-0.39, 0.29) is 18.0 Å². The number of piperidine rings is 1. The predicted octanol–water partition coefficient (Wildman–Crippen LogP) is 3.63. The highest BCUT2D eigenvalue weighted by Crippen LogP contribution is 2.29. The van der Waals surface area contributed by atoms with E-state index >= 15 is 0 Å². The van der Waals surface area contributed by atoms with Crippen molar-refractivity contribution in [2.75, 3.05) is 6.54 Å². The van der Waals surface area contributed by atoms with Crippen molar-refractivity contribution in [1.82, 2.24) is 10.2 Å². The van der Waals surface area contributed by atoms with Crippen LogP contribution in [0, 0.1) is 0 Å². The number of hydrogen-bond donors (Lipinski definition) is 2. The second kappa shape index (κ2) is 8.70. The van der Waals surface area contributed by atoms with Gasteiger partial charge in [0.25, 0.3) is 0 Å². The summed E-state index contributed by atoms with van der Waals surface area (Å²) >= 11 is 0. The van der Waals surface area contributed by atoms with Gasteiger partial charge in [-0.15, -0.1) is 0 Å². The van der Waals surface area contributed by atoms with E-state index in [1.807, 2.05) is 12.1 Å². The normalized spacial score (nSPS) is 23.5. The van der Waals surface area contributed by atoms with Crippen molar-refractivity contribution in [3.63, 3.8) is 0 Å². The lowest BCUT2D eigenvalue weighted by molar-refractivity contribution is -0.129. The van der Waals surface area contributed by atoms with Gasteiger partial charge >= 0.3 is 0 Å². The van der Waals surface area contributed by atoms with E-state index in [1.54, 1.807) is 12.1 Å². The monoisotopic (exact) mass is 344 g/mol. The van der Waals surface area contributed by atoms with E-state index in [2.05, 4.69) is 17.1 Å². The Morgan fingerprint density at radius 2 is 1.84 bits per heavy atom. The van der Waals surface area contributed by atoms with Crippen LogP contribution in [0.25, 0.3) is 0 Å². The molecule has 1 aliphatic heterocycles. The van der Waals surface area contributed by atoms with E-state index in [0.717, 1.165) is 25.8 Å². The molecule has 1 saturated heterocycles. The summed E-state index contributed by atoms with van der Waals surface area (Å²) in [4.78, 5) is 15.3. The molecule has 0 radical (unpaired) electrons. The second-order valence-electron chi connectivity index (χ2n) is 7.80. The number of aromatic hydroxyl groups is 1. The third-order valence-corrected chi connectivity index (χ3v) is 5.83. The van der Waals surface area contributed by atoms with Crippen LogP contribution >= 0.6 is 0 Å². The number of hydrogen-bond acceptors (Lipinski definition) is 3. The lowest BCUT2D eigenvalue weighted by Crippen LogP contribution is -2.54. The largest absolute Gasteiger partial charge is 0.508 e. The van der Waals surface area contributed by atoms with Crippen LogP contribution in [0.15, 0.2) is 24.3 Å². The third kappa shape index (κ3) is 4.97. The van der Waals surface area contributed by atoms with Gasteiger partial charge in [-0.25, -0.2) is 0 Å². The van der Waals surface area contributed by atoms with Crippen molar-refractivity contribution in [3.8, 4) is 5.75 Å². The van der Waals surface area contributed by atoms with Crippen molar-refractivity contribution in [3.05, 3.63) is 29.8 Å². The predicted molar refractivity (Wildman–Crippen MR) is 101 cm³/mol. The molecule has 2 N–H and O–H groups in total. The maximum Gasteiger partial charge on any atom is 0.237 e. The van der Waals surface area contributed by atoms with Gasteiger partial charge < -0.3 is 10.4 Å². The summed E-state index contributed by atoms with van der Waals surface area (Å²) in [7, 11) is 0. The number of phenolic OH excluding ortho intramolecular Hbond substituents is 1. The van der Waals surface area contributed by atoms with Gasteiger partial charge in [-0.05, 0) is 69.7 Å². The van der Waals surface area contributed by atoms with Crippen LogP contribution in [-0.4, -0.2) is 40.6 Å². The molecule has 1 aliphatic carbocycles. The van der Waals surface area contributed by atoms with Crippen molar-refractivity contribution >= 4 is 5.91 Å². The van der Waals surface area contributed by atoms with Crippen LogP contribution in [0.1, 0.15) is 63.9 Å². The highest BCUT2D eigenvalue weighted by Gasteiger charge is 2.34. The van der Waals surface area contributed by atoms with Gasteiger partial charge in [-0.2, -0.15) is 0 Å². The molecule has 1 aromatic rings. The zero-order chi connectivity index (χ0) is 17.6. The van der Waals surface area contributed by atoms with E-state index < -0.39 is 0 Å². The van der Waals surface area contributed by atoms with Gasteiger partial charge in [0.1, 0.15) is 5.75 Å². The SMILES string of the molecule is CC(CCc1ccc(O)cc1)NC(=O)C1CCCCN1C1CCCC1. The first-order valence-corrected chi connectivity index (χ1v) is 9.97. The minimum Gasteiger partial charge on any atom is -0.508 e. The van der Waals surface area contributed by atoms with Crippen LogP contribution in [0.3, 0.4) is 0 Å². The molecule has 0 spiro atoms. The van der Waals surface area contributed by atoms with Crippen LogP contribution in [0.5, 0.6) is 5.75 Å².